The SMILES string of the molecule is NC(C(=O)O)C(O)(O)c1cc(O)cc(O)c1O. The van der Waals surface area contributed by atoms with Gasteiger partial charge in [-0.1, -0.05) is 0 Å². The van der Waals surface area contributed by atoms with E-state index >= 15 is 0 Å². The monoisotopic (exact) mass is 245 g/mol. The zero-order chi connectivity index (χ0) is 13.4. The number of aliphatic carboxylic acids is 1. The Morgan fingerprint density at radius 3 is 2.24 bits per heavy atom. The molecule has 1 atom stereocenters. The van der Waals surface area contributed by atoms with Crippen LogP contribution in [0.4, 0.5) is 0 Å². The van der Waals surface area contributed by atoms with E-state index in [4.69, 9.17) is 21.1 Å². The van der Waals surface area contributed by atoms with Gasteiger partial charge in [0.25, 0.3) is 0 Å². The average molecular weight is 245 g/mol. The molecule has 1 unspecified atom stereocenters. The fourth-order valence-electron chi connectivity index (χ4n) is 1.22. The van der Waals surface area contributed by atoms with E-state index in [9.17, 15) is 20.1 Å². The Kier molecular flexibility index (Phi) is 3.14. The zero-order valence-electron chi connectivity index (χ0n) is 8.40. The van der Waals surface area contributed by atoms with Crippen molar-refractivity contribution in [1.29, 1.82) is 0 Å². The fraction of sp³-hybridized carbons (Fsp3) is 0.222. The molecule has 1 aromatic rings. The summed E-state index contributed by atoms with van der Waals surface area (Å²) in [5, 5.41) is 55.2. The van der Waals surface area contributed by atoms with E-state index in [0.717, 1.165) is 6.07 Å². The van der Waals surface area contributed by atoms with Crippen LogP contribution < -0.4 is 5.73 Å². The minimum Gasteiger partial charge on any atom is -0.508 e. The first-order valence-corrected chi connectivity index (χ1v) is 4.36. The Hall–Kier alpha value is -2.03. The van der Waals surface area contributed by atoms with Gasteiger partial charge in [-0.25, -0.2) is 0 Å². The number of rotatable bonds is 3. The van der Waals surface area contributed by atoms with Crippen LogP contribution in [0, 0.1) is 0 Å². The van der Waals surface area contributed by atoms with Crippen molar-refractivity contribution in [1.82, 2.24) is 0 Å². The van der Waals surface area contributed by atoms with Gasteiger partial charge in [0.05, 0.1) is 5.56 Å². The second-order valence-corrected chi connectivity index (χ2v) is 3.40. The highest BCUT2D eigenvalue weighted by Crippen LogP contribution is 2.39. The summed E-state index contributed by atoms with van der Waals surface area (Å²) in [5.74, 6) is -7.31. The van der Waals surface area contributed by atoms with Crippen LogP contribution in [0.15, 0.2) is 12.1 Å². The summed E-state index contributed by atoms with van der Waals surface area (Å²) >= 11 is 0. The van der Waals surface area contributed by atoms with Crippen LogP contribution in [-0.4, -0.2) is 42.7 Å². The van der Waals surface area contributed by atoms with E-state index < -0.39 is 40.6 Å². The van der Waals surface area contributed by atoms with Gasteiger partial charge in [0, 0.05) is 6.07 Å². The van der Waals surface area contributed by atoms with E-state index in [1.807, 2.05) is 0 Å². The van der Waals surface area contributed by atoms with Gasteiger partial charge in [0.1, 0.15) is 5.75 Å². The second-order valence-electron chi connectivity index (χ2n) is 3.40. The molecule has 0 saturated carbocycles. The fourth-order valence-corrected chi connectivity index (χ4v) is 1.22. The number of hydrogen-bond donors (Lipinski definition) is 7. The largest absolute Gasteiger partial charge is 0.508 e. The topological polar surface area (TPSA) is 164 Å². The van der Waals surface area contributed by atoms with Crippen molar-refractivity contribution in [3.05, 3.63) is 17.7 Å². The molecule has 0 radical (unpaired) electrons. The number of carboxylic acids is 1. The summed E-state index contributed by atoms with van der Waals surface area (Å²) in [4.78, 5) is 10.5. The van der Waals surface area contributed by atoms with Crippen LogP contribution in [-0.2, 0) is 10.6 Å². The van der Waals surface area contributed by atoms with Crippen molar-refractivity contribution in [2.75, 3.05) is 0 Å². The molecule has 94 valence electrons. The highest BCUT2D eigenvalue weighted by Gasteiger charge is 2.42. The Morgan fingerprint density at radius 2 is 1.76 bits per heavy atom. The summed E-state index contributed by atoms with van der Waals surface area (Å²) in [6.07, 6.45) is 0. The maximum absolute atomic E-state index is 10.5. The number of phenols is 3. The van der Waals surface area contributed by atoms with Gasteiger partial charge < -0.3 is 36.4 Å². The number of aromatic hydroxyl groups is 3. The minimum atomic E-state index is -3.15. The molecule has 0 aromatic heterocycles. The molecule has 0 aliphatic carbocycles. The normalized spacial score (nSPS) is 13.4. The summed E-state index contributed by atoms with van der Waals surface area (Å²) in [6, 6.07) is -0.756. The average Bonchev–Trinajstić information content (AvgIpc) is 2.21. The molecule has 8 N–H and O–H groups in total. The van der Waals surface area contributed by atoms with E-state index in [2.05, 4.69) is 0 Å². The molecule has 0 heterocycles. The molecule has 0 amide bonds. The molecular weight excluding hydrogens is 234 g/mol. The summed E-state index contributed by atoms with van der Waals surface area (Å²) < 4.78 is 0. The molecule has 0 spiro atoms. The van der Waals surface area contributed by atoms with Crippen molar-refractivity contribution >= 4 is 5.97 Å². The quantitative estimate of drug-likeness (QED) is 0.189. The second kappa shape index (κ2) is 4.09. The van der Waals surface area contributed by atoms with Gasteiger partial charge in [-0.3, -0.25) is 4.79 Å². The molecule has 0 fully saturated rings. The Balaban J connectivity index is 3.37. The van der Waals surface area contributed by atoms with Crippen molar-refractivity contribution in [2.45, 2.75) is 11.8 Å². The zero-order valence-corrected chi connectivity index (χ0v) is 8.40. The van der Waals surface area contributed by atoms with Crippen LogP contribution in [0.25, 0.3) is 0 Å². The number of hydrogen-bond acceptors (Lipinski definition) is 7. The summed E-state index contributed by atoms with van der Waals surface area (Å²) in [6.45, 7) is 0. The molecule has 8 nitrogen and oxygen atoms in total. The van der Waals surface area contributed by atoms with Crippen molar-refractivity contribution in [3.8, 4) is 17.2 Å². The maximum Gasteiger partial charge on any atom is 0.326 e. The smallest absolute Gasteiger partial charge is 0.326 e. The van der Waals surface area contributed by atoms with Crippen molar-refractivity contribution in [2.24, 2.45) is 5.73 Å². The standard InChI is InChI=1S/C9H11NO7/c10-7(8(14)15)9(16,17)4-1-3(11)2-5(12)6(4)13/h1-2,7,11-13,16-17H,10H2,(H,14,15). The molecule has 17 heavy (non-hydrogen) atoms. The number of phenolic OH excluding ortho intramolecular Hbond substituents is 3. The first kappa shape index (κ1) is 13.0. The van der Waals surface area contributed by atoms with Gasteiger partial charge in [0.15, 0.2) is 17.5 Å². The lowest BCUT2D eigenvalue weighted by atomic mass is 9.97. The Morgan fingerprint density at radius 1 is 1.24 bits per heavy atom. The lowest BCUT2D eigenvalue weighted by Gasteiger charge is -2.26. The molecular formula is C9H11NO7. The lowest BCUT2D eigenvalue weighted by Crippen LogP contribution is -2.50. The van der Waals surface area contributed by atoms with Gasteiger partial charge in [-0.2, -0.15) is 0 Å². The molecule has 0 aliphatic rings. The number of aliphatic hydroxyl groups is 2. The molecule has 0 aliphatic heterocycles. The summed E-state index contributed by atoms with van der Waals surface area (Å²) in [7, 11) is 0. The number of carboxylic acid groups (broad SMARTS) is 1. The highest BCUT2D eigenvalue weighted by atomic mass is 16.5. The predicted octanol–water partition coefficient (Wildman–Crippen LogP) is -1.65. The Labute approximate surface area is 94.8 Å². The third kappa shape index (κ3) is 2.23. The first-order valence-electron chi connectivity index (χ1n) is 4.36. The Bertz CT molecular complexity index is 457. The van der Waals surface area contributed by atoms with E-state index in [1.54, 1.807) is 0 Å². The highest BCUT2D eigenvalue weighted by molar-refractivity contribution is 5.75. The van der Waals surface area contributed by atoms with Crippen LogP contribution in [0.1, 0.15) is 5.56 Å². The molecule has 1 rings (SSSR count). The predicted molar refractivity (Wildman–Crippen MR) is 53.2 cm³/mol. The lowest BCUT2D eigenvalue weighted by molar-refractivity contribution is -0.197. The number of benzene rings is 1. The molecule has 1 aromatic carbocycles. The minimum absolute atomic E-state index is 0.597. The van der Waals surface area contributed by atoms with Crippen LogP contribution in [0.3, 0.4) is 0 Å². The first-order chi connectivity index (χ1) is 7.67. The van der Waals surface area contributed by atoms with Gasteiger partial charge in [0.2, 0.25) is 5.79 Å². The van der Waals surface area contributed by atoms with Crippen LogP contribution in [0.2, 0.25) is 0 Å². The molecule has 0 saturated heterocycles. The molecule has 8 heteroatoms. The van der Waals surface area contributed by atoms with Gasteiger partial charge in [-0.05, 0) is 6.07 Å². The third-order valence-electron chi connectivity index (χ3n) is 2.17. The van der Waals surface area contributed by atoms with E-state index in [0.29, 0.717) is 6.07 Å². The van der Waals surface area contributed by atoms with E-state index in [-0.39, 0.29) is 0 Å². The van der Waals surface area contributed by atoms with Crippen LogP contribution in [0.5, 0.6) is 17.2 Å². The molecule has 0 bridgehead atoms. The summed E-state index contributed by atoms with van der Waals surface area (Å²) in [5.41, 5.74) is 4.21. The van der Waals surface area contributed by atoms with Crippen LogP contribution >= 0.6 is 0 Å². The number of carbonyl (C=O) groups is 1. The third-order valence-corrected chi connectivity index (χ3v) is 2.17. The van der Waals surface area contributed by atoms with Gasteiger partial charge in [-0.15, -0.1) is 0 Å². The maximum atomic E-state index is 10.5. The van der Waals surface area contributed by atoms with E-state index in [1.165, 1.54) is 0 Å². The van der Waals surface area contributed by atoms with Crippen molar-refractivity contribution < 1.29 is 35.4 Å². The number of nitrogens with two attached hydrogens (primary N) is 1. The van der Waals surface area contributed by atoms with Gasteiger partial charge >= 0.3 is 5.97 Å². The van der Waals surface area contributed by atoms with Crippen molar-refractivity contribution in [3.63, 3.8) is 0 Å².